The van der Waals surface area contributed by atoms with E-state index in [9.17, 15) is 0 Å². The molecule has 1 rings (SSSR count). The summed E-state index contributed by atoms with van der Waals surface area (Å²) < 4.78 is 9.21. The van der Waals surface area contributed by atoms with Crippen LogP contribution in [-0.4, -0.2) is 16.9 Å². The number of amidine groups is 1. The Kier molecular flexibility index (Phi) is 4.32. The molecular weight excluding hydrogens is 246 g/mol. The summed E-state index contributed by atoms with van der Waals surface area (Å²) >= 11 is 16.3. The summed E-state index contributed by atoms with van der Waals surface area (Å²) in [5, 5.41) is 0. The highest BCUT2D eigenvalue weighted by Gasteiger charge is 2.09. The van der Waals surface area contributed by atoms with Crippen molar-refractivity contribution in [2.45, 2.75) is 0 Å². The highest BCUT2D eigenvalue weighted by molar-refractivity contribution is 6.45. The Labute approximate surface area is 97.2 Å². The van der Waals surface area contributed by atoms with Crippen LogP contribution >= 0.6 is 35.3 Å². The van der Waals surface area contributed by atoms with E-state index in [1.807, 2.05) is 0 Å². The van der Waals surface area contributed by atoms with E-state index in [4.69, 9.17) is 40.1 Å². The zero-order valence-electron chi connectivity index (χ0n) is 7.25. The van der Waals surface area contributed by atoms with Crippen LogP contribution in [0.3, 0.4) is 0 Å². The minimum atomic E-state index is 0.262. The third-order valence-corrected chi connectivity index (χ3v) is 2.07. The van der Waals surface area contributed by atoms with Gasteiger partial charge in [-0.3, -0.25) is 0 Å². The third-order valence-electron chi connectivity index (χ3n) is 1.59. The van der Waals surface area contributed by atoms with Gasteiger partial charge in [-0.1, -0.05) is 0 Å². The summed E-state index contributed by atoms with van der Waals surface area (Å²) in [7, 11) is 1.58. The fourth-order valence-corrected chi connectivity index (χ4v) is 1.44. The first-order chi connectivity index (χ1) is 6.69. The van der Waals surface area contributed by atoms with Crippen LogP contribution < -0.4 is 4.74 Å². The van der Waals surface area contributed by atoms with Gasteiger partial charge in [0.05, 0.1) is 7.11 Å². The van der Waals surface area contributed by atoms with Gasteiger partial charge in [0, 0.05) is 40.9 Å². The predicted molar refractivity (Wildman–Crippen MR) is 58.9 cm³/mol. The van der Waals surface area contributed by atoms with Crippen molar-refractivity contribution in [2.24, 2.45) is 4.51 Å². The number of rotatable bonds is 2. The lowest BCUT2D eigenvalue weighted by Gasteiger charge is -2.08. The number of hydrogen-bond donors (Lipinski definition) is 0. The highest BCUT2D eigenvalue weighted by Crippen LogP contribution is 2.16. The van der Waals surface area contributed by atoms with E-state index in [0.29, 0.717) is 5.56 Å². The Bertz CT molecular complexity index is 324. The molecule has 6 heteroatoms. The van der Waals surface area contributed by atoms with Crippen LogP contribution in [0.4, 0.5) is 0 Å². The smallest absolute Gasteiger partial charge is 0.180 e. The first-order valence-electron chi connectivity index (χ1n) is 3.64. The van der Waals surface area contributed by atoms with Gasteiger partial charge in [0.1, 0.15) is 5.75 Å². The number of halogens is 3. The lowest BCUT2D eigenvalue weighted by molar-refractivity contribution is 0.415. The van der Waals surface area contributed by atoms with Crippen LogP contribution in [-0.2, 0) is 0 Å². The van der Waals surface area contributed by atoms with Crippen molar-refractivity contribution in [3.05, 3.63) is 29.8 Å². The molecule has 0 N–H and O–H groups in total. The maximum Gasteiger partial charge on any atom is 0.180 e. The van der Waals surface area contributed by atoms with E-state index >= 15 is 0 Å². The second-order valence-corrected chi connectivity index (χ2v) is 3.39. The van der Waals surface area contributed by atoms with Crippen molar-refractivity contribution in [3.63, 3.8) is 0 Å². The molecule has 0 aromatic heterocycles. The van der Waals surface area contributed by atoms with Gasteiger partial charge in [0.15, 0.2) is 5.84 Å². The van der Waals surface area contributed by atoms with E-state index in [1.54, 1.807) is 31.4 Å². The molecular formula is C8H7Cl3N2O. The average Bonchev–Trinajstić information content (AvgIpc) is 2.19. The standard InChI is InChI=1S/C8H7Cl3N2O/c1-14-7-4-2-6(3-5-7)8(12-9)13(10)11/h2-5H,1H3/b12-8+. The molecule has 0 amide bonds. The van der Waals surface area contributed by atoms with Crippen LogP contribution in [0, 0.1) is 0 Å². The summed E-state index contributed by atoms with van der Waals surface area (Å²) in [4.78, 5) is 0. The molecule has 0 spiro atoms. The molecule has 0 atom stereocenters. The van der Waals surface area contributed by atoms with E-state index in [-0.39, 0.29) is 5.84 Å². The minimum Gasteiger partial charge on any atom is -0.497 e. The van der Waals surface area contributed by atoms with Gasteiger partial charge in [0.25, 0.3) is 0 Å². The van der Waals surface area contributed by atoms with Gasteiger partial charge in [0.2, 0.25) is 0 Å². The lowest BCUT2D eigenvalue weighted by Crippen LogP contribution is -2.11. The first-order valence-corrected chi connectivity index (χ1v) is 4.65. The van der Waals surface area contributed by atoms with Crippen molar-refractivity contribution in [2.75, 3.05) is 7.11 Å². The molecule has 0 unspecified atom stereocenters. The molecule has 1 aromatic rings. The molecule has 76 valence electrons. The van der Waals surface area contributed by atoms with E-state index in [2.05, 4.69) is 4.51 Å². The molecule has 1 aromatic carbocycles. The zero-order chi connectivity index (χ0) is 10.6. The summed E-state index contributed by atoms with van der Waals surface area (Å²) in [6.07, 6.45) is 0. The first kappa shape index (κ1) is 11.4. The minimum absolute atomic E-state index is 0.262. The monoisotopic (exact) mass is 252 g/mol. The number of hydrogen-bond acceptors (Lipinski definition) is 2. The number of benzene rings is 1. The molecule has 0 bridgehead atoms. The molecule has 3 nitrogen and oxygen atoms in total. The molecule has 0 radical (unpaired) electrons. The molecule has 0 aliphatic carbocycles. The van der Waals surface area contributed by atoms with Crippen LogP contribution in [0.15, 0.2) is 28.8 Å². The van der Waals surface area contributed by atoms with E-state index < -0.39 is 0 Å². The number of methoxy groups -OCH3 is 1. The largest absolute Gasteiger partial charge is 0.497 e. The molecule has 0 saturated heterocycles. The van der Waals surface area contributed by atoms with Gasteiger partial charge in [-0.2, -0.15) is 8.45 Å². The lowest BCUT2D eigenvalue weighted by atomic mass is 10.2. The summed E-state index contributed by atoms with van der Waals surface area (Å²) in [6, 6.07) is 7.01. The highest BCUT2D eigenvalue weighted by atomic mass is 35.5. The van der Waals surface area contributed by atoms with Crippen molar-refractivity contribution in [1.82, 2.24) is 3.94 Å². The normalized spacial score (nSPS) is 11.3. The Hall–Kier alpha value is -0.640. The topological polar surface area (TPSA) is 24.8 Å². The Morgan fingerprint density at radius 2 is 1.86 bits per heavy atom. The second-order valence-electron chi connectivity index (χ2n) is 2.37. The van der Waals surface area contributed by atoms with Crippen molar-refractivity contribution < 1.29 is 4.74 Å². The molecule has 0 heterocycles. The second kappa shape index (κ2) is 5.29. The molecule has 0 saturated carbocycles. The molecule has 0 aliphatic heterocycles. The van der Waals surface area contributed by atoms with E-state index in [1.165, 1.54) is 0 Å². The SMILES string of the molecule is COc1ccc(/C(=N\Cl)N(Cl)Cl)cc1. The molecule has 14 heavy (non-hydrogen) atoms. The fraction of sp³-hybridized carbons (Fsp3) is 0.125. The van der Waals surface area contributed by atoms with Gasteiger partial charge in [-0.25, -0.2) is 0 Å². The molecule has 0 aliphatic rings. The maximum atomic E-state index is 5.50. The predicted octanol–water partition coefficient (Wildman–Crippen LogP) is 3.21. The van der Waals surface area contributed by atoms with Crippen molar-refractivity contribution in [1.29, 1.82) is 0 Å². The summed E-state index contributed by atoms with van der Waals surface area (Å²) in [5.74, 6) is 0.996. The van der Waals surface area contributed by atoms with E-state index in [0.717, 1.165) is 9.69 Å². The maximum absolute atomic E-state index is 5.50. The average molecular weight is 254 g/mol. The van der Waals surface area contributed by atoms with Crippen LogP contribution in [0.25, 0.3) is 0 Å². The van der Waals surface area contributed by atoms with Gasteiger partial charge in [-0.05, 0) is 24.3 Å². The Morgan fingerprint density at radius 1 is 1.29 bits per heavy atom. The van der Waals surface area contributed by atoms with Crippen LogP contribution in [0.2, 0.25) is 0 Å². The quantitative estimate of drug-likeness (QED) is 0.459. The number of nitrogens with zero attached hydrogens (tertiary/aromatic N) is 2. The number of ether oxygens (including phenoxy) is 1. The Balaban J connectivity index is 2.96. The van der Waals surface area contributed by atoms with Crippen LogP contribution in [0.1, 0.15) is 5.56 Å². The fourth-order valence-electron chi connectivity index (χ4n) is 0.915. The zero-order valence-corrected chi connectivity index (χ0v) is 9.51. The van der Waals surface area contributed by atoms with Crippen molar-refractivity contribution in [3.8, 4) is 5.75 Å². The van der Waals surface area contributed by atoms with Gasteiger partial charge < -0.3 is 4.74 Å². The summed E-state index contributed by atoms with van der Waals surface area (Å²) in [6.45, 7) is 0. The van der Waals surface area contributed by atoms with Crippen molar-refractivity contribution >= 4 is 41.2 Å². The van der Waals surface area contributed by atoms with Gasteiger partial charge in [-0.15, -0.1) is 0 Å². The third kappa shape index (κ3) is 2.67. The van der Waals surface area contributed by atoms with Gasteiger partial charge >= 0.3 is 0 Å². The summed E-state index contributed by atoms with van der Waals surface area (Å²) in [5.41, 5.74) is 0.700. The Morgan fingerprint density at radius 3 is 2.21 bits per heavy atom. The van der Waals surface area contributed by atoms with Crippen LogP contribution in [0.5, 0.6) is 5.75 Å². The molecule has 0 fully saturated rings.